The highest BCUT2D eigenvalue weighted by Gasteiger charge is 2.26. The molecule has 0 unspecified atom stereocenters. The van der Waals surface area contributed by atoms with Gasteiger partial charge >= 0.3 is 6.03 Å². The van der Waals surface area contributed by atoms with E-state index in [1.807, 2.05) is 29.2 Å². The predicted octanol–water partition coefficient (Wildman–Crippen LogP) is 3.55. The summed E-state index contributed by atoms with van der Waals surface area (Å²) in [6, 6.07) is 7.41. The van der Waals surface area contributed by atoms with E-state index in [0.29, 0.717) is 12.3 Å². The fourth-order valence-electron chi connectivity index (χ4n) is 3.88. The smallest absolute Gasteiger partial charge is 0.321 e. The number of hydrogen-bond acceptors (Lipinski definition) is 3. The van der Waals surface area contributed by atoms with Crippen LogP contribution in [0.1, 0.15) is 51.4 Å². The zero-order valence-electron chi connectivity index (χ0n) is 15.4. The topological polar surface area (TPSA) is 87.5 Å². The van der Waals surface area contributed by atoms with E-state index in [-0.39, 0.29) is 18.0 Å². The van der Waals surface area contributed by atoms with Gasteiger partial charge in [0.15, 0.2) is 0 Å². The molecule has 2 atom stereocenters. The lowest BCUT2D eigenvalue weighted by Gasteiger charge is -2.21. The minimum atomic E-state index is -0.0427. The first-order chi connectivity index (χ1) is 12.6. The van der Waals surface area contributed by atoms with Crippen LogP contribution in [0.15, 0.2) is 24.3 Å². The number of nitrogens with two attached hydrogens (primary N) is 1. The summed E-state index contributed by atoms with van der Waals surface area (Å²) in [6.45, 7) is 1.65. The van der Waals surface area contributed by atoms with E-state index in [1.165, 1.54) is 12.8 Å². The number of amides is 3. The van der Waals surface area contributed by atoms with Gasteiger partial charge in [0.05, 0.1) is 0 Å². The first-order valence-electron chi connectivity index (χ1n) is 9.83. The number of hydrogen-bond donors (Lipinski definition) is 3. The third-order valence-corrected chi connectivity index (χ3v) is 5.48. The lowest BCUT2D eigenvalue weighted by Crippen LogP contribution is -2.35. The molecule has 0 bridgehead atoms. The Hall–Kier alpha value is -2.08. The van der Waals surface area contributed by atoms with Gasteiger partial charge in [-0.05, 0) is 55.9 Å². The van der Waals surface area contributed by atoms with E-state index in [0.717, 1.165) is 56.6 Å². The Labute approximate surface area is 155 Å². The van der Waals surface area contributed by atoms with Gasteiger partial charge in [-0.2, -0.15) is 0 Å². The third-order valence-electron chi connectivity index (χ3n) is 5.48. The highest BCUT2D eigenvalue weighted by Crippen LogP contribution is 2.27. The van der Waals surface area contributed by atoms with Crippen molar-refractivity contribution in [3.8, 4) is 0 Å². The zero-order valence-corrected chi connectivity index (χ0v) is 15.4. The summed E-state index contributed by atoms with van der Waals surface area (Å²) in [7, 11) is 0. The molecule has 2 fully saturated rings. The molecule has 1 saturated carbocycles. The van der Waals surface area contributed by atoms with Crippen LogP contribution in [0.25, 0.3) is 0 Å². The molecule has 0 spiro atoms. The maximum Gasteiger partial charge on any atom is 0.321 e. The van der Waals surface area contributed by atoms with Crippen molar-refractivity contribution >= 4 is 23.3 Å². The molecule has 1 aromatic carbocycles. The van der Waals surface area contributed by atoms with E-state index in [2.05, 4.69) is 10.6 Å². The van der Waals surface area contributed by atoms with Crippen molar-refractivity contribution in [2.24, 2.45) is 11.7 Å². The van der Waals surface area contributed by atoms with Gasteiger partial charge in [0.2, 0.25) is 5.91 Å². The van der Waals surface area contributed by atoms with Gasteiger partial charge in [-0.1, -0.05) is 19.3 Å². The first kappa shape index (κ1) is 18.7. The van der Waals surface area contributed by atoms with Crippen molar-refractivity contribution < 1.29 is 9.59 Å². The summed E-state index contributed by atoms with van der Waals surface area (Å²) < 4.78 is 0. The number of benzene rings is 1. The maximum atomic E-state index is 12.3. The Bertz CT molecular complexity index is 609. The number of carbonyl (C=O) groups is 2. The highest BCUT2D eigenvalue weighted by molar-refractivity contribution is 5.92. The third kappa shape index (κ3) is 5.21. The molecule has 3 rings (SSSR count). The molecular weight excluding hydrogens is 328 g/mol. The van der Waals surface area contributed by atoms with E-state index in [4.69, 9.17) is 5.73 Å². The summed E-state index contributed by atoms with van der Waals surface area (Å²) in [6.07, 6.45) is 8.19. The number of nitrogens with zero attached hydrogens (tertiary/aromatic N) is 1. The Morgan fingerprint density at radius 2 is 1.54 bits per heavy atom. The minimum absolute atomic E-state index is 0.00806. The second-order valence-corrected chi connectivity index (χ2v) is 7.52. The summed E-state index contributed by atoms with van der Waals surface area (Å²) in [5, 5.41) is 5.87. The molecule has 0 aromatic heterocycles. The fraction of sp³-hybridized carbons (Fsp3) is 0.600. The van der Waals surface area contributed by atoms with Crippen LogP contribution in [0.4, 0.5) is 16.2 Å². The largest absolute Gasteiger partial charge is 0.327 e. The van der Waals surface area contributed by atoms with Gasteiger partial charge < -0.3 is 21.3 Å². The van der Waals surface area contributed by atoms with Crippen molar-refractivity contribution in [2.75, 3.05) is 23.7 Å². The van der Waals surface area contributed by atoms with E-state index in [9.17, 15) is 9.59 Å². The SMILES string of the molecule is N[C@@H]1CCC[C@H]1CC(=O)Nc1ccc(NC(=O)N2CCCCCC2)cc1. The molecule has 6 heteroatoms. The molecule has 4 N–H and O–H groups in total. The van der Waals surface area contributed by atoms with Crippen LogP contribution >= 0.6 is 0 Å². The Balaban J connectivity index is 1.48. The average Bonchev–Trinajstić information content (AvgIpc) is 2.87. The molecule has 1 saturated heterocycles. The normalized spacial score (nSPS) is 23.3. The van der Waals surface area contributed by atoms with Gasteiger partial charge in [-0.15, -0.1) is 0 Å². The Morgan fingerprint density at radius 3 is 2.12 bits per heavy atom. The standard InChI is InChI=1S/C20H30N4O2/c21-18-7-5-6-15(18)14-19(25)22-16-8-10-17(11-9-16)23-20(26)24-12-3-1-2-4-13-24/h8-11,15,18H,1-7,12-14,21H2,(H,22,25)(H,23,26)/t15-,18+/m0/s1. The molecular formula is C20H30N4O2. The minimum Gasteiger partial charge on any atom is -0.327 e. The molecule has 2 aliphatic rings. The van der Waals surface area contributed by atoms with Gasteiger partial charge in [0.1, 0.15) is 0 Å². The van der Waals surface area contributed by atoms with Crippen molar-refractivity contribution in [2.45, 2.75) is 57.4 Å². The van der Waals surface area contributed by atoms with Gasteiger partial charge in [0, 0.05) is 36.9 Å². The van der Waals surface area contributed by atoms with Crippen LogP contribution in [-0.2, 0) is 4.79 Å². The van der Waals surface area contributed by atoms with E-state index < -0.39 is 0 Å². The monoisotopic (exact) mass is 358 g/mol. The lowest BCUT2D eigenvalue weighted by molar-refractivity contribution is -0.117. The Kier molecular flexibility index (Phi) is 6.50. The predicted molar refractivity (Wildman–Crippen MR) is 104 cm³/mol. The molecule has 6 nitrogen and oxygen atoms in total. The van der Waals surface area contributed by atoms with Crippen LogP contribution in [0.2, 0.25) is 0 Å². The van der Waals surface area contributed by atoms with Crippen LogP contribution in [0, 0.1) is 5.92 Å². The number of rotatable bonds is 4. The van der Waals surface area contributed by atoms with E-state index in [1.54, 1.807) is 0 Å². The average molecular weight is 358 g/mol. The van der Waals surface area contributed by atoms with Crippen LogP contribution in [0.5, 0.6) is 0 Å². The number of urea groups is 1. The van der Waals surface area contributed by atoms with Gasteiger partial charge in [0.25, 0.3) is 0 Å². The maximum absolute atomic E-state index is 12.3. The van der Waals surface area contributed by atoms with Gasteiger partial charge in [-0.25, -0.2) is 4.79 Å². The highest BCUT2D eigenvalue weighted by atomic mass is 16.2. The van der Waals surface area contributed by atoms with Crippen molar-refractivity contribution in [1.29, 1.82) is 0 Å². The molecule has 1 aromatic rings. The lowest BCUT2D eigenvalue weighted by atomic mass is 10.00. The van der Waals surface area contributed by atoms with Crippen LogP contribution in [-0.4, -0.2) is 36.0 Å². The van der Waals surface area contributed by atoms with Gasteiger partial charge in [-0.3, -0.25) is 4.79 Å². The van der Waals surface area contributed by atoms with Crippen molar-refractivity contribution in [3.63, 3.8) is 0 Å². The van der Waals surface area contributed by atoms with Crippen LogP contribution in [0.3, 0.4) is 0 Å². The molecule has 1 heterocycles. The van der Waals surface area contributed by atoms with E-state index >= 15 is 0 Å². The molecule has 26 heavy (non-hydrogen) atoms. The number of nitrogens with one attached hydrogen (secondary N) is 2. The fourth-order valence-corrected chi connectivity index (χ4v) is 3.88. The van der Waals surface area contributed by atoms with Crippen LogP contribution < -0.4 is 16.4 Å². The molecule has 3 amide bonds. The van der Waals surface area contributed by atoms with Crippen molar-refractivity contribution in [3.05, 3.63) is 24.3 Å². The summed E-state index contributed by atoms with van der Waals surface area (Å²) in [5.74, 6) is 0.302. The second-order valence-electron chi connectivity index (χ2n) is 7.52. The zero-order chi connectivity index (χ0) is 18.4. The summed E-state index contributed by atoms with van der Waals surface area (Å²) >= 11 is 0. The number of anilines is 2. The second kappa shape index (κ2) is 9.03. The summed E-state index contributed by atoms with van der Waals surface area (Å²) in [4.78, 5) is 26.4. The Morgan fingerprint density at radius 1 is 0.923 bits per heavy atom. The quantitative estimate of drug-likeness (QED) is 0.769. The molecule has 1 aliphatic carbocycles. The number of carbonyl (C=O) groups excluding carboxylic acids is 2. The summed E-state index contributed by atoms with van der Waals surface area (Å²) in [5.41, 5.74) is 7.52. The van der Waals surface area contributed by atoms with Crippen molar-refractivity contribution in [1.82, 2.24) is 4.90 Å². The first-order valence-corrected chi connectivity index (χ1v) is 9.83. The molecule has 142 valence electrons. The number of likely N-dealkylation sites (tertiary alicyclic amines) is 1. The molecule has 0 radical (unpaired) electrons. The molecule has 1 aliphatic heterocycles.